The lowest BCUT2D eigenvalue weighted by Crippen LogP contribution is -2.27. The third-order valence-electron chi connectivity index (χ3n) is 2.75. The first-order valence-corrected chi connectivity index (χ1v) is 6.10. The van der Waals surface area contributed by atoms with Crippen molar-refractivity contribution in [1.82, 2.24) is 5.32 Å². The number of halogens is 2. The Balaban J connectivity index is 2.72. The molecule has 0 radical (unpaired) electrons. The Bertz CT molecular complexity index is 341. The third-order valence-corrected chi connectivity index (χ3v) is 3.09. The van der Waals surface area contributed by atoms with Crippen LogP contribution < -0.4 is 5.32 Å². The highest BCUT2D eigenvalue weighted by Crippen LogP contribution is 2.28. The Kier molecular flexibility index (Phi) is 5.23. The van der Waals surface area contributed by atoms with Gasteiger partial charge >= 0.3 is 0 Å². The fourth-order valence-electron chi connectivity index (χ4n) is 1.98. The maximum atomic E-state index is 13.1. The van der Waals surface area contributed by atoms with E-state index in [2.05, 4.69) is 26.1 Å². The van der Waals surface area contributed by atoms with Crippen LogP contribution in [0.5, 0.6) is 0 Å². The van der Waals surface area contributed by atoms with E-state index in [4.69, 9.17) is 11.6 Å². The fraction of sp³-hybridized carbons (Fsp3) is 0.538. The fourth-order valence-corrected chi connectivity index (χ4v) is 2.29. The lowest BCUT2D eigenvalue weighted by molar-refractivity contribution is 0.489. The Hall–Kier alpha value is -0.600. The molecular formula is C13H19ClFN. The van der Waals surface area contributed by atoms with E-state index in [0.29, 0.717) is 11.1 Å². The van der Waals surface area contributed by atoms with Crippen LogP contribution in [-0.2, 0) is 0 Å². The summed E-state index contributed by atoms with van der Waals surface area (Å²) < 4.78 is 13.1. The molecule has 0 amide bonds. The lowest BCUT2D eigenvalue weighted by Gasteiger charge is -2.19. The summed E-state index contributed by atoms with van der Waals surface area (Å²) in [4.78, 5) is 0. The van der Waals surface area contributed by atoms with Gasteiger partial charge in [0.05, 0.1) is 0 Å². The predicted molar refractivity (Wildman–Crippen MR) is 67.6 cm³/mol. The highest BCUT2D eigenvalue weighted by molar-refractivity contribution is 6.31. The average molecular weight is 244 g/mol. The number of benzene rings is 1. The number of hydrogen-bond acceptors (Lipinski definition) is 1. The van der Waals surface area contributed by atoms with Crippen LogP contribution in [0.4, 0.5) is 4.39 Å². The van der Waals surface area contributed by atoms with Gasteiger partial charge in [0.15, 0.2) is 0 Å². The Labute approximate surface area is 102 Å². The number of rotatable bonds is 5. The summed E-state index contributed by atoms with van der Waals surface area (Å²) in [6, 6.07) is 4.97. The molecule has 1 N–H and O–H groups in total. The van der Waals surface area contributed by atoms with Crippen molar-refractivity contribution in [3.63, 3.8) is 0 Å². The van der Waals surface area contributed by atoms with Gasteiger partial charge in [-0.05, 0) is 49.6 Å². The van der Waals surface area contributed by atoms with Crippen molar-refractivity contribution < 1.29 is 4.39 Å². The topological polar surface area (TPSA) is 12.0 Å². The Morgan fingerprint density at radius 1 is 1.38 bits per heavy atom. The molecular weight excluding hydrogens is 225 g/mol. The van der Waals surface area contributed by atoms with E-state index in [9.17, 15) is 4.39 Å². The number of hydrogen-bond donors (Lipinski definition) is 1. The molecule has 1 rings (SSSR count). The molecule has 0 aromatic heterocycles. The maximum Gasteiger partial charge on any atom is 0.123 e. The van der Waals surface area contributed by atoms with Crippen LogP contribution in [0.25, 0.3) is 0 Å². The smallest absolute Gasteiger partial charge is 0.123 e. The molecule has 1 nitrogen and oxygen atoms in total. The van der Waals surface area contributed by atoms with Crippen LogP contribution in [0.2, 0.25) is 5.02 Å². The quantitative estimate of drug-likeness (QED) is 0.825. The second-order valence-electron chi connectivity index (χ2n) is 4.26. The SMILES string of the molecule is CCNC(C)CC(C)c1cc(F)ccc1Cl. The molecule has 0 heterocycles. The van der Waals surface area contributed by atoms with Crippen molar-refractivity contribution in [2.24, 2.45) is 0 Å². The molecule has 16 heavy (non-hydrogen) atoms. The summed E-state index contributed by atoms with van der Waals surface area (Å²) >= 11 is 6.06. The second-order valence-corrected chi connectivity index (χ2v) is 4.67. The molecule has 1 aromatic carbocycles. The van der Waals surface area contributed by atoms with Gasteiger partial charge in [0, 0.05) is 11.1 Å². The summed E-state index contributed by atoms with van der Waals surface area (Å²) in [5.74, 6) is 0.0413. The minimum atomic E-state index is -0.220. The standard InChI is InChI=1S/C13H19ClFN/c1-4-16-10(3)7-9(2)12-8-11(15)5-6-13(12)14/h5-6,8-10,16H,4,7H2,1-3H3. The molecule has 3 heteroatoms. The van der Waals surface area contributed by atoms with E-state index in [0.717, 1.165) is 18.5 Å². The zero-order valence-corrected chi connectivity index (χ0v) is 10.8. The van der Waals surface area contributed by atoms with Gasteiger partial charge in [0.1, 0.15) is 5.82 Å². The van der Waals surface area contributed by atoms with E-state index < -0.39 is 0 Å². The maximum absolute atomic E-state index is 13.1. The average Bonchev–Trinajstić information content (AvgIpc) is 2.21. The summed E-state index contributed by atoms with van der Waals surface area (Å²) in [6.45, 7) is 7.24. The molecule has 0 saturated heterocycles. The molecule has 0 aliphatic heterocycles. The van der Waals surface area contributed by atoms with E-state index in [-0.39, 0.29) is 11.7 Å². The second kappa shape index (κ2) is 6.21. The van der Waals surface area contributed by atoms with Gasteiger partial charge in [-0.2, -0.15) is 0 Å². The van der Waals surface area contributed by atoms with Crippen molar-refractivity contribution in [1.29, 1.82) is 0 Å². The van der Waals surface area contributed by atoms with Crippen LogP contribution in [0.1, 0.15) is 38.7 Å². The van der Waals surface area contributed by atoms with Gasteiger partial charge in [0.25, 0.3) is 0 Å². The molecule has 2 atom stereocenters. The van der Waals surface area contributed by atoms with Gasteiger partial charge < -0.3 is 5.32 Å². The van der Waals surface area contributed by atoms with Gasteiger partial charge in [-0.25, -0.2) is 4.39 Å². The van der Waals surface area contributed by atoms with Gasteiger partial charge in [-0.15, -0.1) is 0 Å². The molecule has 90 valence electrons. The Morgan fingerprint density at radius 3 is 2.69 bits per heavy atom. The molecule has 0 fully saturated rings. The summed E-state index contributed by atoms with van der Waals surface area (Å²) in [6.07, 6.45) is 0.955. The third kappa shape index (κ3) is 3.76. The van der Waals surface area contributed by atoms with Crippen LogP contribution >= 0.6 is 11.6 Å². The molecule has 1 aromatic rings. The molecule has 0 aliphatic rings. The zero-order valence-electron chi connectivity index (χ0n) is 10.1. The molecule has 0 bridgehead atoms. The lowest BCUT2D eigenvalue weighted by atomic mass is 9.94. The van der Waals surface area contributed by atoms with E-state index in [1.54, 1.807) is 6.07 Å². The summed E-state index contributed by atoms with van der Waals surface area (Å²) in [7, 11) is 0. The van der Waals surface area contributed by atoms with Crippen molar-refractivity contribution >= 4 is 11.6 Å². The first-order chi connectivity index (χ1) is 7.54. The molecule has 0 spiro atoms. The first-order valence-electron chi connectivity index (χ1n) is 5.73. The van der Waals surface area contributed by atoms with Crippen molar-refractivity contribution in [3.05, 3.63) is 34.6 Å². The zero-order chi connectivity index (χ0) is 12.1. The van der Waals surface area contributed by atoms with E-state index in [1.165, 1.54) is 12.1 Å². The minimum absolute atomic E-state index is 0.220. The monoisotopic (exact) mass is 243 g/mol. The van der Waals surface area contributed by atoms with Gasteiger partial charge in [-0.1, -0.05) is 25.4 Å². The van der Waals surface area contributed by atoms with Gasteiger partial charge in [-0.3, -0.25) is 0 Å². The van der Waals surface area contributed by atoms with Crippen molar-refractivity contribution in [3.8, 4) is 0 Å². The van der Waals surface area contributed by atoms with Crippen molar-refractivity contribution in [2.75, 3.05) is 6.54 Å². The summed E-state index contributed by atoms with van der Waals surface area (Å²) in [5.41, 5.74) is 0.895. The first kappa shape index (κ1) is 13.5. The van der Waals surface area contributed by atoms with Crippen LogP contribution in [-0.4, -0.2) is 12.6 Å². The van der Waals surface area contributed by atoms with E-state index >= 15 is 0 Å². The van der Waals surface area contributed by atoms with Gasteiger partial charge in [0.2, 0.25) is 0 Å². The number of nitrogens with one attached hydrogen (secondary N) is 1. The van der Waals surface area contributed by atoms with Crippen LogP contribution in [0.15, 0.2) is 18.2 Å². The molecule has 0 saturated carbocycles. The normalized spacial score (nSPS) is 14.8. The Morgan fingerprint density at radius 2 is 2.06 bits per heavy atom. The van der Waals surface area contributed by atoms with Crippen LogP contribution in [0, 0.1) is 5.82 Å². The van der Waals surface area contributed by atoms with Crippen molar-refractivity contribution in [2.45, 2.75) is 39.2 Å². The summed E-state index contributed by atoms with van der Waals surface area (Å²) in [5, 5.41) is 3.99. The minimum Gasteiger partial charge on any atom is -0.315 e. The molecule has 0 aliphatic carbocycles. The van der Waals surface area contributed by atoms with Crippen LogP contribution in [0.3, 0.4) is 0 Å². The highest BCUT2D eigenvalue weighted by Gasteiger charge is 2.13. The predicted octanol–water partition coefficient (Wildman–Crippen LogP) is 3.97. The highest BCUT2D eigenvalue weighted by atomic mass is 35.5. The van der Waals surface area contributed by atoms with E-state index in [1.807, 2.05) is 0 Å². The largest absolute Gasteiger partial charge is 0.315 e. The molecule has 2 unspecified atom stereocenters.